The SMILES string of the molecule is Cc1nc(-c2ccccc2)n(C)c1C(C(=O)O)N1CCN(C(C)C)CC1. The Kier molecular flexibility index (Phi) is 5.44. The maximum Gasteiger partial charge on any atom is 0.327 e. The number of benzene rings is 1. The van der Waals surface area contributed by atoms with E-state index in [4.69, 9.17) is 0 Å². The quantitative estimate of drug-likeness (QED) is 0.892. The number of hydrogen-bond donors (Lipinski definition) is 1. The van der Waals surface area contributed by atoms with Gasteiger partial charge in [0.15, 0.2) is 6.04 Å². The second-order valence-electron chi connectivity index (χ2n) is 7.24. The predicted molar refractivity (Wildman–Crippen MR) is 102 cm³/mol. The Labute approximate surface area is 155 Å². The molecule has 0 bridgehead atoms. The van der Waals surface area contributed by atoms with E-state index < -0.39 is 12.0 Å². The summed E-state index contributed by atoms with van der Waals surface area (Å²) in [6.45, 7) is 9.56. The fourth-order valence-electron chi connectivity index (χ4n) is 3.83. The molecule has 0 amide bonds. The van der Waals surface area contributed by atoms with E-state index in [0.29, 0.717) is 6.04 Å². The van der Waals surface area contributed by atoms with E-state index in [1.807, 2.05) is 48.9 Å². The van der Waals surface area contributed by atoms with Gasteiger partial charge in [0.2, 0.25) is 0 Å². The van der Waals surface area contributed by atoms with Gasteiger partial charge in [-0.25, -0.2) is 4.98 Å². The Balaban J connectivity index is 1.92. The summed E-state index contributed by atoms with van der Waals surface area (Å²) in [5.74, 6) is -0.00104. The van der Waals surface area contributed by atoms with Crippen LogP contribution in [0.15, 0.2) is 30.3 Å². The van der Waals surface area contributed by atoms with Crippen molar-refractivity contribution in [2.45, 2.75) is 32.9 Å². The van der Waals surface area contributed by atoms with Crippen LogP contribution in [0.2, 0.25) is 0 Å². The van der Waals surface area contributed by atoms with Gasteiger partial charge in [0, 0.05) is 44.8 Å². The fourth-order valence-corrected chi connectivity index (χ4v) is 3.83. The number of aryl methyl sites for hydroxylation is 1. The monoisotopic (exact) mass is 356 g/mol. The molecule has 1 aliphatic heterocycles. The second kappa shape index (κ2) is 7.60. The molecule has 2 heterocycles. The molecule has 1 atom stereocenters. The molecular weight excluding hydrogens is 328 g/mol. The molecule has 1 aromatic carbocycles. The van der Waals surface area contributed by atoms with E-state index in [-0.39, 0.29) is 0 Å². The predicted octanol–water partition coefficient (Wildman–Crippen LogP) is 2.55. The Morgan fingerprint density at radius 2 is 1.65 bits per heavy atom. The first-order valence-electron chi connectivity index (χ1n) is 9.19. The van der Waals surface area contributed by atoms with Gasteiger partial charge in [-0.05, 0) is 20.8 Å². The van der Waals surface area contributed by atoms with Crippen molar-refractivity contribution in [3.63, 3.8) is 0 Å². The largest absolute Gasteiger partial charge is 0.480 e. The number of aromatic nitrogens is 2. The number of carbonyl (C=O) groups is 1. The minimum absolute atomic E-state index is 0.489. The molecule has 2 aromatic rings. The number of hydrogen-bond acceptors (Lipinski definition) is 4. The molecule has 1 aromatic heterocycles. The third-order valence-electron chi connectivity index (χ3n) is 5.29. The van der Waals surface area contributed by atoms with Gasteiger partial charge in [0.25, 0.3) is 0 Å². The minimum Gasteiger partial charge on any atom is -0.480 e. The molecule has 1 unspecified atom stereocenters. The molecule has 6 nitrogen and oxygen atoms in total. The average molecular weight is 356 g/mol. The lowest BCUT2D eigenvalue weighted by Crippen LogP contribution is -2.51. The molecular formula is C20H28N4O2. The van der Waals surface area contributed by atoms with Gasteiger partial charge in [0.1, 0.15) is 5.82 Å². The summed E-state index contributed by atoms with van der Waals surface area (Å²) in [7, 11) is 1.91. The van der Waals surface area contributed by atoms with Gasteiger partial charge >= 0.3 is 5.97 Å². The van der Waals surface area contributed by atoms with Crippen LogP contribution in [-0.2, 0) is 11.8 Å². The number of rotatable bonds is 5. The van der Waals surface area contributed by atoms with Crippen LogP contribution in [0.5, 0.6) is 0 Å². The first kappa shape index (κ1) is 18.6. The number of aliphatic carboxylic acids is 1. The van der Waals surface area contributed by atoms with Gasteiger partial charge in [-0.2, -0.15) is 0 Å². The molecule has 0 radical (unpaired) electrons. The maximum atomic E-state index is 12.2. The van der Waals surface area contributed by atoms with Crippen LogP contribution in [0.25, 0.3) is 11.4 Å². The molecule has 0 saturated carbocycles. The third-order valence-corrected chi connectivity index (χ3v) is 5.29. The highest BCUT2D eigenvalue weighted by Crippen LogP contribution is 2.29. The van der Waals surface area contributed by atoms with E-state index >= 15 is 0 Å². The van der Waals surface area contributed by atoms with Crippen molar-refractivity contribution in [2.75, 3.05) is 26.2 Å². The Morgan fingerprint density at radius 1 is 1.08 bits per heavy atom. The number of nitrogens with zero attached hydrogens (tertiary/aromatic N) is 4. The number of carboxylic acid groups (broad SMARTS) is 1. The van der Waals surface area contributed by atoms with E-state index in [1.165, 1.54) is 0 Å². The lowest BCUT2D eigenvalue weighted by atomic mass is 10.1. The van der Waals surface area contributed by atoms with Crippen molar-refractivity contribution in [3.8, 4) is 11.4 Å². The van der Waals surface area contributed by atoms with Crippen molar-refractivity contribution in [1.29, 1.82) is 0 Å². The van der Waals surface area contributed by atoms with Crippen LogP contribution >= 0.6 is 0 Å². The van der Waals surface area contributed by atoms with Crippen molar-refractivity contribution in [3.05, 3.63) is 41.7 Å². The summed E-state index contributed by atoms with van der Waals surface area (Å²) < 4.78 is 1.94. The Morgan fingerprint density at radius 3 is 2.19 bits per heavy atom. The van der Waals surface area contributed by atoms with Crippen molar-refractivity contribution < 1.29 is 9.90 Å². The lowest BCUT2D eigenvalue weighted by Gasteiger charge is -2.39. The molecule has 6 heteroatoms. The Bertz CT molecular complexity index is 762. The summed E-state index contributed by atoms with van der Waals surface area (Å²) >= 11 is 0. The molecule has 1 aliphatic rings. The highest BCUT2D eigenvalue weighted by atomic mass is 16.4. The van der Waals surface area contributed by atoms with Gasteiger partial charge in [-0.3, -0.25) is 14.6 Å². The van der Waals surface area contributed by atoms with Gasteiger partial charge in [-0.1, -0.05) is 30.3 Å². The fraction of sp³-hybridized carbons (Fsp3) is 0.500. The zero-order valence-electron chi connectivity index (χ0n) is 16.0. The first-order chi connectivity index (χ1) is 12.4. The van der Waals surface area contributed by atoms with Crippen LogP contribution in [0.3, 0.4) is 0 Å². The normalized spacial score (nSPS) is 17.6. The van der Waals surface area contributed by atoms with Crippen molar-refractivity contribution in [1.82, 2.24) is 19.4 Å². The van der Waals surface area contributed by atoms with Gasteiger partial charge in [-0.15, -0.1) is 0 Å². The molecule has 0 aliphatic carbocycles. The highest BCUT2D eigenvalue weighted by Gasteiger charge is 2.35. The van der Waals surface area contributed by atoms with Crippen LogP contribution < -0.4 is 0 Å². The first-order valence-corrected chi connectivity index (χ1v) is 9.19. The lowest BCUT2D eigenvalue weighted by molar-refractivity contribution is -0.144. The maximum absolute atomic E-state index is 12.2. The van der Waals surface area contributed by atoms with E-state index in [1.54, 1.807) is 0 Å². The zero-order chi connectivity index (χ0) is 18.8. The number of imidazole rings is 1. The van der Waals surface area contributed by atoms with Gasteiger partial charge in [0.05, 0.1) is 11.4 Å². The summed E-state index contributed by atoms with van der Waals surface area (Å²) in [4.78, 5) is 21.3. The molecule has 1 N–H and O–H groups in total. The van der Waals surface area contributed by atoms with E-state index in [2.05, 4.69) is 28.6 Å². The molecule has 0 spiro atoms. The van der Waals surface area contributed by atoms with Crippen LogP contribution in [-0.4, -0.2) is 62.6 Å². The number of carboxylic acids is 1. The van der Waals surface area contributed by atoms with Crippen LogP contribution in [0.4, 0.5) is 0 Å². The summed E-state index contributed by atoms with van der Waals surface area (Å²) in [5.41, 5.74) is 2.55. The van der Waals surface area contributed by atoms with Crippen LogP contribution in [0, 0.1) is 6.92 Å². The smallest absolute Gasteiger partial charge is 0.327 e. The molecule has 26 heavy (non-hydrogen) atoms. The molecule has 1 saturated heterocycles. The standard InChI is InChI=1S/C20H28N4O2/c1-14(2)23-10-12-24(13-11-23)18(20(25)26)17-15(3)21-19(22(17)4)16-8-6-5-7-9-16/h5-9,14,18H,10-13H2,1-4H3,(H,25,26). The second-order valence-corrected chi connectivity index (χ2v) is 7.24. The zero-order valence-corrected chi connectivity index (χ0v) is 16.0. The molecule has 1 fully saturated rings. The Hall–Kier alpha value is -2.18. The van der Waals surface area contributed by atoms with Crippen molar-refractivity contribution in [2.24, 2.45) is 7.05 Å². The molecule has 140 valence electrons. The summed E-state index contributed by atoms with van der Waals surface area (Å²) in [6.07, 6.45) is 0. The van der Waals surface area contributed by atoms with Gasteiger partial charge < -0.3 is 9.67 Å². The van der Waals surface area contributed by atoms with Crippen LogP contribution in [0.1, 0.15) is 31.3 Å². The summed E-state index contributed by atoms with van der Waals surface area (Å²) in [5, 5.41) is 9.99. The highest BCUT2D eigenvalue weighted by molar-refractivity contribution is 5.76. The number of piperazine rings is 1. The third kappa shape index (κ3) is 3.52. The average Bonchev–Trinajstić information content (AvgIpc) is 2.91. The molecule has 3 rings (SSSR count). The van der Waals surface area contributed by atoms with E-state index in [0.717, 1.165) is 49.0 Å². The topological polar surface area (TPSA) is 61.6 Å². The minimum atomic E-state index is -0.811. The van der Waals surface area contributed by atoms with E-state index in [9.17, 15) is 9.90 Å². The summed E-state index contributed by atoms with van der Waals surface area (Å²) in [6, 6.07) is 9.74. The van der Waals surface area contributed by atoms with Crippen molar-refractivity contribution >= 4 is 5.97 Å².